The SMILES string of the molecule is CC(CCO[N+](=O)[O-])OC(=O)OC(C)OC(=O)C1=Cc2cc(S(F)(F)(F)(F)F)ccc2OC1C(F)(F)F. The maximum atomic E-state index is 13.5. The number of fused-ring (bicyclic) bond motifs is 1. The van der Waals surface area contributed by atoms with Crippen LogP contribution in [0.4, 0.5) is 37.4 Å². The maximum absolute atomic E-state index is 13.5. The molecule has 0 aromatic heterocycles. The van der Waals surface area contributed by atoms with Gasteiger partial charge in [0.2, 0.25) is 12.4 Å². The summed E-state index contributed by atoms with van der Waals surface area (Å²) in [6.07, 6.45) is -12.7. The Hall–Kier alpha value is -3.51. The number of alkyl halides is 3. The smallest absolute Gasteiger partial charge is 0.475 e. The van der Waals surface area contributed by atoms with E-state index in [2.05, 4.69) is 23.8 Å². The first-order valence-electron chi connectivity index (χ1n) is 9.75. The minimum atomic E-state index is -10.2. The molecule has 0 aliphatic carbocycles. The van der Waals surface area contributed by atoms with Gasteiger partial charge in [-0.2, -0.15) is 13.2 Å². The summed E-state index contributed by atoms with van der Waals surface area (Å²) in [6, 6.07) is -0.0886. The summed E-state index contributed by atoms with van der Waals surface area (Å²) in [5.74, 6) is -2.73. The number of hydrogen-bond donors (Lipinski definition) is 0. The zero-order valence-electron chi connectivity index (χ0n) is 18.5. The van der Waals surface area contributed by atoms with Crippen LogP contribution in [0.15, 0.2) is 28.7 Å². The van der Waals surface area contributed by atoms with E-state index >= 15 is 0 Å². The lowest BCUT2D eigenvalue weighted by Gasteiger charge is -2.41. The van der Waals surface area contributed by atoms with Crippen molar-refractivity contribution in [2.24, 2.45) is 0 Å². The first-order valence-corrected chi connectivity index (χ1v) is 11.7. The van der Waals surface area contributed by atoms with Crippen molar-refractivity contribution in [2.75, 3.05) is 6.61 Å². The molecule has 0 N–H and O–H groups in total. The highest BCUT2D eigenvalue weighted by molar-refractivity contribution is 8.45. The summed E-state index contributed by atoms with van der Waals surface area (Å²) in [7, 11) is -10.2. The molecule has 0 bridgehead atoms. The number of rotatable bonds is 9. The lowest BCUT2D eigenvalue weighted by molar-refractivity contribution is -0.758. The van der Waals surface area contributed by atoms with E-state index in [-0.39, 0.29) is 30.7 Å². The van der Waals surface area contributed by atoms with Gasteiger partial charge >= 0.3 is 28.5 Å². The summed E-state index contributed by atoms with van der Waals surface area (Å²) in [5, 5.41) is 8.96. The van der Waals surface area contributed by atoms with E-state index in [9.17, 15) is 52.3 Å². The van der Waals surface area contributed by atoms with Crippen LogP contribution in [-0.4, -0.2) is 48.5 Å². The van der Waals surface area contributed by atoms with Crippen LogP contribution in [0, 0.1) is 10.1 Å². The minimum Gasteiger partial charge on any atom is -0.475 e. The molecule has 210 valence electrons. The molecule has 0 saturated carbocycles. The third kappa shape index (κ3) is 8.53. The Kier molecular flexibility index (Phi) is 7.56. The van der Waals surface area contributed by atoms with E-state index in [0.717, 1.165) is 6.92 Å². The van der Waals surface area contributed by atoms with Gasteiger partial charge in [-0.05, 0) is 31.2 Å². The lowest BCUT2D eigenvalue weighted by atomic mass is 10.0. The zero-order valence-corrected chi connectivity index (χ0v) is 19.3. The highest BCUT2D eigenvalue weighted by Crippen LogP contribution is 3.02. The van der Waals surface area contributed by atoms with Crippen molar-refractivity contribution < 1.29 is 71.1 Å². The molecule has 0 spiro atoms. The number of ether oxygens (including phenoxy) is 4. The Morgan fingerprint density at radius 2 is 1.73 bits per heavy atom. The molecule has 0 saturated heterocycles. The van der Waals surface area contributed by atoms with Crippen molar-refractivity contribution >= 4 is 28.4 Å². The van der Waals surface area contributed by atoms with Crippen molar-refractivity contribution in [3.63, 3.8) is 0 Å². The van der Waals surface area contributed by atoms with Crippen LogP contribution in [0.5, 0.6) is 5.75 Å². The average Bonchev–Trinajstić information content (AvgIpc) is 2.69. The highest BCUT2D eigenvalue weighted by atomic mass is 32.5. The predicted octanol–water partition coefficient (Wildman–Crippen LogP) is 6.08. The first-order chi connectivity index (χ1) is 16.6. The molecule has 3 atom stereocenters. The van der Waals surface area contributed by atoms with Crippen LogP contribution in [0.1, 0.15) is 25.8 Å². The summed E-state index contributed by atoms with van der Waals surface area (Å²) >= 11 is 0. The van der Waals surface area contributed by atoms with Gasteiger partial charge in [0.25, 0.3) is 5.09 Å². The van der Waals surface area contributed by atoms with Gasteiger partial charge in [0, 0.05) is 18.9 Å². The fourth-order valence-electron chi connectivity index (χ4n) is 2.75. The van der Waals surface area contributed by atoms with E-state index in [0.29, 0.717) is 0 Å². The van der Waals surface area contributed by atoms with E-state index in [4.69, 9.17) is 0 Å². The number of nitrogens with zero attached hydrogens (tertiary/aromatic N) is 1. The summed E-state index contributed by atoms with van der Waals surface area (Å²) in [5.41, 5.74) is -2.34. The third-order valence-electron chi connectivity index (χ3n) is 4.35. The maximum Gasteiger partial charge on any atom is 0.511 e. The number of halogens is 8. The molecule has 1 heterocycles. The van der Waals surface area contributed by atoms with E-state index in [1.807, 2.05) is 0 Å². The Bertz CT molecular complexity index is 1110. The molecule has 0 radical (unpaired) electrons. The van der Waals surface area contributed by atoms with Crippen molar-refractivity contribution in [1.82, 2.24) is 0 Å². The van der Waals surface area contributed by atoms with Gasteiger partial charge in [-0.15, -0.1) is 10.1 Å². The molecular weight excluding hydrogens is 558 g/mol. The van der Waals surface area contributed by atoms with Gasteiger partial charge < -0.3 is 23.8 Å². The monoisotopic (exact) mass is 575 g/mol. The van der Waals surface area contributed by atoms with Crippen LogP contribution in [-0.2, 0) is 23.8 Å². The van der Waals surface area contributed by atoms with E-state index in [1.54, 1.807) is 0 Å². The number of carbonyl (C=O) groups excluding carboxylic acids is 2. The molecule has 0 fully saturated rings. The molecule has 37 heavy (non-hydrogen) atoms. The van der Waals surface area contributed by atoms with Gasteiger partial charge in [-0.1, -0.05) is 19.4 Å². The van der Waals surface area contributed by atoms with Gasteiger partial charge in [-0.3, -0.25) is 0 Å². The Morgan fingerprint density at radius 1 is 1.11 bits per heavy atom. The topological polar surface area (TPSA) is 123 Å². The second-order valence-corrected chi connectivity index (χ2v) is 9.83. The van der Waals surface area contributed by atoms with Crippen LogP contribution < -0.4 is 4.74 Å². The number of hydrogen-bond acceptors (Lipinski definition) is 9. The largest absolute Gasteiger partial charge is 0.511 e. The number of carbonyl (C=O) groups is 2. The van der Waals surface area contributed by atoms with Crippen molar-refractivity contribution in [1.29, 1.82) is 0 Å². The Morgan fingerprint density at radius 3 is 2.27 bits per heavy atom. The molecule has 0 amide bonds. The molecule has 1 aromatic carbocycles. The van der Waals surface area contributed by atoms with Gasteiger partial charge in [-0.25, -0.2) is 9.59 Å². The molecule has 2 rings (SSSR count). The van der Waals surface area contributed by atoms with Crippen LogP contribution in [0.25, 0.3) is 6.08 Å². The zero-order chi connectivity index (χ0) is 28.5. The average molecular weight is 575 g/mol. The number of esters is 1. The molecule has 10 nitrogen and oxygen atoms in total. The first kappa shape index (κ1) is 29.7. The second-order valence-electron chi connectivity index (χ2n) is 7.42. The molecule has 1 aromatic rings. The molecule has 1 aliphatic rings. The van der Waals surface area contributed by atoms with E-state index < -0.39 is 80.5 Å². The predicted molar refractivity (Wildman–Crippen MR) is 106 cm³/mol. The lowest BCUT2D eigenvalue weighted by Crippen LogP contribution is -2.41. The van der Waals surface area contributed by atoms with Crippen molar-refractivity contribution in [3.8, 4) is 5.75 Å². The fraction of sp³-hybridized carbons (Fsp3) is 0.444. The highest BCUT2D eigenvalue weighted by Gasteiger charge is 2.65. The van der Waals surface area contributed by atoms with Crippen LogP contribution >= 0.6 is 10.2 Å². The third-order valence-corrected chi connectivity index (χ3v) is 5.50. The van der Waals surface area contributed by atoms with Gasteiger partial charge in [0.05, 0.1) is 12.2 Å². The molecule has 3 unspecified atom stereocenters. The quantitative estimate of drug-likeness (QED) is 0.113. The van der Waals surface area contributed by atoms with Crippen LogP contribution in [0.2, 0.25) is 0 Å². The standard InChI is InChI=1S/C18H17F8NO9S/c1-9(5-6-32-27(30)31)33-17(29)35-10(2)34-16(28)13-8-11-7-12(37(22,23,24,25)26)3-4-14(11)36-15(13)18(19,20)21/h3-4,7-10,15H,5-6H2,1-2H3. The molecule has 1 aliphatic heterocycles. The normalized spacial score (nSPS) is 19.0. The van der Waals surface area contributed by atoms with Gasteiger partial charge in [0.15, 0.2) is 0 Å². The molecule has 19 heteroatoms. The van der Waals surface area contributed by atoms with Crippen LogP contribution in [0.3, 0.4) is 0 Å². The summed E-state index contributed by atoms with van der Waals surface area (Å²) in [4.78, 5) is 35.7. The number of benzene rings is 1. The van der Waals surface area contributed by atoms with Crippen molar-refractivity contribution in [3.05, 3.63) is 39.4 Å². The van der Waals surface area contributed by atoms with E-state index in [1.165, 1.54) is 6.92 Å². The Balaban J connectivity index is 2.19. The summed E-state index contributed by atoms with van der Waals surface area (Å²) < 4.78 is 124. The minimum absolute atomic E-state index is 0.156. The van der Waals surface area contributed by atoms with Gasteiger partial charge in [0.1, 0.15) is 16.7 Å². The second kappa shape index (κ2) is 9.42. The summed E-state index contributed by atoms with van der Waals surface area (Å²) in [6.45, 7) is 1.69. The van der Waals surface area contributed by atoms with Crippen molar-refractivity contribution in [2.45, 2.75) is 49.8 Å². The fourth-order valence-corrected chi connectivity index (χ4v) is 3.43. The molecular formula is C18H17F8NO9S. The Labute approximate surface area is 201 Å².